The van der Waals surface area contributed by atoms with E-state index in [0.717, 1.165) is 12.8 Å². The highest BCUT2D eigenvalue weighted by molar-refractivity contribution is 5.90. The zero-order valence-corrected chi connectivity index (χ0v) is 18.0. The van der Waals surface area contributed by atoms with Crippen LogP contribution in [0.5, 0.6) is 0 Å². The number of anilines is 1. The number of ether oxygens (including phenoxy) is 2. The summed E-state index contributed by atoms with van der Waals surface area (Å²) in [6.07, 6.45) is 3.02. The minimum absolute atomic E-state index is 0.0247. The van der Waals surface area contributed by atoms with Crippen LogP contribution in [0.1, 0.15) is 30.3 Å². The third-order valence-electron chi connectivity index (χ3n) is 5.52. The van der Waals surface area contributed by atoms with Gasteiger partial charge in [-0.1, -0.05) is 6.07 Å². The fraction of sp³-hybridized carbons (Fsp3) is 0.455. The van der Waals surface area contributed by atoms with Crippen molar-refractivity contribution in [3.05, 3.63) is 42.2 Å². The Morgan fingerprint density at radius 3 is 2.66 bits per heavy atom. The van der Waals surface area contributed by atoms with E-state index < -0.39 is 5.97 Å². The smallest absolute Gasteiger partial charge is 0.358 e. The lowest BCUT2D eigenvalue weighted by Crippen LogP contribution is -2.53. The van der Waals surface area contributed by atoms with Gasteiger partial charge in [0, 0.05) is 44.7 Å². The van der Waals surface area contributed by atoms with E-state index in [0.29, 0.717) is 44.2 Å². The molecule has 32 heavy (non-hydrogen) atoms. The summed E-state index contributed by atoms with van der Waals surface area (Å²) >= 11 is 0. The molecule has 0 aliphatic carbocycles. The first kappa shape index (κ1) is 21.8. The second kappa shape index (κ2) is 9.82. The Hall–Kier alpha value is -3.40. The lowest BCUT2D eigenvalue weighted by atomic mass is 10.2. The largest absolute Gasteiger partial charge is 0.461 e. The number of benzene rings is 1. The maximum atomic E-state index is 12.7. The van der Waals surface area contributed by atoms with Crippen LogP contribution in [0.15, 0.2) is 36.5 Å². The Labute approximate surface area is 186 Å². The van der Waals surface area contributed by atoms with Crippen molar-refractivity contribution in [3.8, 4) is 5.69 Å². The van der Waals surface area contributed by atoms with Crippen molar-refractivity contribution in [3.63, 3.8) is 0 Å². The average molecular weight is 441 g/mol. The molecule has 2 saturated heterocycles. The molecular weight excluding hydrogens is 414 g/mol. The number of nitrogens with zero attached hydrogens (tertiary/aromatic N) is 4. The monoisotopic (exact) mass is 441 g/mol. The van der Waals surface area contributed by atoms with Crippen molar-refractivity contribution < 1.29 is 23.9 Å². The molecule has 1 aromatic heterocycles. The van der Waals surface area contributed by atoms with E-state index in [2.05, 4.69) is 10.4 Å². The fourth-order valence-electron chi connectivity index (χ4n) is 3.82. The minimum Gasteiger partial charge on any atom is -0.461 e. The molecule has 0 radical (unpaired) electrons. The third kappa shape index (κ3) is 4.91. The number of urea groups is 1. The lowest BCUT2D eigenvalue weighted by molar-refractivity contribution is -0.142. The molecule has 2 aliphatic heterocycles. The number of rotatable bonds is 5. The van der Waals surface area contributed by atoms with Crippen molar-refractivity contribution in [1.82, 2.24) is 19.6 Å². The number of amides is 3. The Kier molecular flexibility index (Phi) is 6.69. The van der Waals surface area contributed by atoms with Crippen LogP contribution in [0, 0.1) is 0 Å². The van der Waals surface area contributed by atoms with Gasteiger partial charge in [-0.05, 0) is 44.0 Å². The van der Waals surface area contributed by atoms with E-state index in [4.69, 9.17) is 9.47 Å². The molecule has 2 aliphatic rings. The van der Waals surface area contributed by atoms with Gasteiger partial charge in [0.15, 0.2) is 5.69 Å². The second-order valence-electron chi connectivity index (χ2n) is 7.66. The number of esters is 1. The molecule has 10 heteroatoms. The summed E-state index contributed by atoms with van der Waals surface area (Å²) < 4.78 is 12.0. The predicted octanol–water partition coefficient (Wildman–Crippen LogP) is 1.90. The molecule has 0 unspecified atom stereocenters. The molecule has 1 aromatic carbocycles. The highest BCUT2D eigenvalue weighted by atomic mass is 16.5. The third-order valence-corrected chi connectivity index (χ3v) is 5.52. The van der Waals surface area contributed by atoms with Gasteiger partial charge >= 0.3 is 12.0 Å². The van der Waals surface area contributed by atoms with Crippen molar-refractivity contribution >= 4 is 23.6 Å². The van der Waals surface area contributed by atoms with Crippen molar-refractivity contribution in [2.24, 2.45) is 0 Å². The van der Waals surface area contributed by atoms with E-state index in [1.54, 1.807) is 51.9 Å². The number of piperazine rings is 1. The van der Waals surface area contributed by atoms with Crippen LogP contribution in [-0.4, -0.2) is 83.0 Å². The SMILES string of the molecule is CCOC(=O)c1ccn(-c2cccc(NC(=O)N3CCN(C(=O)[C@H]4CCCO4)CC3)c2)n1. The van der Waals surface area contributed by atoms with E-state index in [-0.39, 0.29) is 30.3 Å². The van der Waals surface area contributed by atoms with Crippen molar-refractivity contribution in [2.45, 2.75) is 25.9 Å². The molecule has 2 fully saturated rings. The summed E-state index contributed by atoms with van der Waals surface area (Å²) in [5, 5.41) is 7.13. The van der Waals surface area contributed by atoms with E-state index >= 15 is 0 Å². The van der Waals surface area contributed by atoms with E-state index in [1.807, 2.05) is 6.07 Å². The van der Waals surface area contributed by atoms with E-state index in [9.17, 15) is 14.4 Å². The topological polar surface area (TPSA) is 106 Å². The Bertz CT molecular complexity index is 977. The van der Waals surface area contributed by atoms with E-state index in [1.165, 1.54) is 0 Å². The van der Waals surface area contributed by atoms with Crippen LogP contribution in [-0.2, 0) is 14.3 Å². The number of hydrogen-bond donors (Lipinski definition) is 1. The van der Waals surface area contributed by atoms with Crippen molar-refractivity contribution in [1.29, 1.82) is 0 Å². The van der Waals surface area contributed by atoms with Gasteiger partial charge in [0.05, 0.1) is 12.3 Å². The molecule has 4 rings (SSSR count). The summed E-state index contributed by atoms with van der Waals surface area (Å²) in [5.74, 6) is -0.454. The Morgan fingerprint density at radius 1 is 1.16 bits per heavy atom. The number of aromatic nitrogens is 2. The summed E-state index contributed by atoms with van der Waals surface area (Å²) in [5.41, 5.74) is 1.53. The van der Waals surface area contributed by atoms with Gasteiger partial charge in [-0.3, -0.25) is 4.79 Å². The number of hydrogen-bond acceptors (Lipinski definition) is 6. The molecule has 10 nitrogen and oxygen atoms in total. The zero-order valence-electron chi connectivity index (χ0n) is 18.0. The fourth-order valence-corrected chi connectivity index (χ4v) is 3.82. The zero-order chi connectivity index (χ0) is 22.5. The first-order valence-electron chi connectivity index (χ1n) is 10.8. The van der Waals surface area contributed by atoms with Crippen LogP contribution in [0.2, 0.25) is 0 Å². The first-order valence-corrected chi connectivity index (χ1v) is 10.8. The average Bonchev–Trinajstić information content (AvgIpc) is 3.52. The number of nitrogens with one attached hydrogen (secondary N) is 1. The molecule has 3 amide bonds. The van der Waals surface area contributed by atoms with Crippen LogP contribution < -0.4 is 5.32 Å². The maximum Gasteiger partial charge on any atom is 0.358 e. The van der Waals surface area contributed by atoms with Crippen LogP contribution in [0.3, 0.4) is 0 Å². The summed E-state index contributed by atoms with van der Waals surface area (Å²) in [6.45, 7) is 4.58. The highest BCUT2D eigenvalue weighted by Crippen LogP contribution is 2.18. The minimum atomic E-state index is -0.479. The lowest BCUT2D eigenvalue weighted by Gasteiger charge is -2.35. The van der Waals surface area contributed by atoms with Gasteiger partial charge in [-0.2, -0.15) is 5.10 Å². The quantitative estimate of drug-likeness (QED) is 0.711. The molecule has 0 spiro atoms. The number of carbonyl (C=O) groups excluding carboxylic acids is 3. The normalized spacial score (nSPS) is 18.5. The molecule has 1 N–H and O–H groups in total. The molecule has 0 saturated carbocycles. The molecule has 1 atom stereocenters. The predicted molar refractivity (Wildman–Crippen MR) is 116 cm³/mol. The molecule has 3 heterocycles. The maximum absolute atomic E-state index is 12.7. The Morgan fingerprint density at radius 2 is 1.94 bits per heavy atom. The highest BCUT2D eigenvalue weighted by Gasteiger charge is 2.31. The molecular formula is C22H27N5O5. The van der Waals surface area contributed by atoms with Crippen LogP contribution >= 0.6 is 0 Å². The van der Waals surface area contributed by atoms with Gasteiger partial charge in [0.25, 0.3) is 5.91 Å². The summed E-state index contributed by atoms with van der Waals surface area (Å²) in [4.78, 5) is 40.5. The van der Waals surface area contributed by atoms with Gasteiger partial charge < -0.3 is 24.6 Å². The van der Waals surface area contributed by atoms with Crippen LogP contribution in [0.4, 0.5) is 10.5 Å². The first-order chi connectivity index (χ1) is 15.5. The molecule has 2 aromatic rings. The molecule has 0 bridgehead atoms. The summed E-state index contributed by atoms with van der Waals surface area (Å²) in [6, 6.07) is 8.55. The van der Waals surface area contributed by atoms with Crippen LogP contribution in [0.25, 0.3) is 5.69 Å². The molecule has 170 valence electrons. The Balaban J connectivity index is 1.33. The van der Waals surface area contributed by atoms with Gasteiger partial charge in [-0.25, -0.2) is 14.3 Å². The second-order valence-corrected chi connectivity index (χ2v) is 7.66. The van der Waals surface area contributed by atoms with Crippen molar-refractivity contribution in [2.75, 3.05) is 44.7 Å². The number of carbonyl (C=O) groups is 3. The van der Waals surface area contributed by atoms with Gasteiger partial charge in [-0.15, -0.1) is 0 Å². The standard InChI is InChI=1S/C22H27N5O5/c1-2-31-21(29)18-8-9-27(24-18)17-6-3-5-16(15-17)23-22(30)26-12-10-25(11-13-26)20(28)19-7-4-14-32-19/h3,5-6,8-9,15,19H,2,4,7,10-14H2,1H3,(H,23,30)/t19-/m1/s1. The summed E-state index contributed by atoms with van der Waals surface area (Å²) in [7, 11) is 0. The van der Waals surface area contributed by atoms with Gasteiger partial charge in [0.1, 0.15) is 6.10 Å². The van der Waals surface area contributed by atoms with Gasteiger partial charge in [0.2, 0.25) is 0 Å².